The fourth-order valence-electron chi connectivity index (χ4n) is 4.68. The van der Waals surface area contributed by atoms with Gasteiger partial charge in [0.05, 0.1) is 31.9 Å². The highest BCUT2D eigenvalue weighted by Gasteiger charge is 2.33. The first-order valence-corrected chi connectivity index (χ1v) is 13.1. The summed E-state index contributed by atoms with van der Waals surface area (Å²) in [7, 11) is 0. The number of rotatable bonds is 9. The van der Waals surface area contributed by atoms with Gasteiger partial charge in [-0.05, 0) is 18.2 Å². The zero-order chi connectivity index (χ0) is 28.1. The molecule has 1 aromatic carbocycles. The summed E-state index contributed by atoms with van der Waals surface area (Å²) >= 11 is 0. The number of carbonyl (C=O) groups is 2. The summed E-state index contributed by atoms with van der Waals surface area (Å²) in [4.78, 5) is 33.2. The molecule has 2 saturated heterocycles. The number of morpholine rings is 2. The number of pyridine rings is 1. The van der Waals surface area contributed by atoms with E-state index in [-0.39, 0.29) is 24.6 Å². The molecule has 0 unspecified atom stereocenters. The molecule has 0 N–H and O–H groups in total. The number of hydrogen-bond acceptors (Lipinski definition) is 8. The summed E-state index contributed by atoms with van der Waals surface area (Å²) in [6.07, 6.45) is -3.16. The number of hydrogen-bond donors (Lipinski definition) is 0. The fourth-order valence-corrected chi connectivity index (χ4v) is 4.68. The van der Waals surface area contributed by atoms with E-state index >= 15 is 0 Å². The first-order valence-electron chi connectivity index (χ1n) is 13.1. The van der Waals surface area contributed by atoms with E-state index in [0.29, 0.717) is 74.9 Å². The van der Waals surface area contributed by atoms with Crippen LogP contribution in [0.4, 0.5) is 13.2 Å². The largest absolute Gasteiger partial charge is 0.492 e. The van der Waals surface area contributed by atoms with Crippen LogP contribution in [-0.2, 0) is 33.4 Å². The van der Waals surface area contributed by atoms with Gasteiger partial charge in [-0.3, -0.25) is 19.2 Å². The van der Waals surface area contributed by atoms with Gasteiger partial charge in [0.15, 0.2) is 5.78 Å². The predicted octanol–water partition coefficient (Wildman–Crippen LogP) is 2.45. The molecule has 3 aromatic rings. The number of Topliss-reactive ketones (excluding diaryl/α,β-unsaturated/α-hetero) is 1. The Bertz CT molecular complexity index is 1350. The smallest absolute Gasteiger partial charge is 0.433 e. The summed E-state index contributed by atoms with van der Waals surface area (Å²) in [6.45, 7) is 5.94. The summed E-state index contributed by atoms with van der Waals surface area (Å²) in [6, 6.07) is 6.70. The number of aromatic nitrogens is 3. The molecule has 4 heterocycles. The molecule has 2 aliphatic rings. The molecule has 1 amide bonds. The molecule has 0 atom stereocenters. The molecule has 13 heteroatoms. The minimum Gasteiger partial charge on any atom is -0.492 e. The van der Waals surface area contributed by atoms with E-state index in [1.807, 2.05) is 0 Å². The lowest BCUT2D eigenvalue weighted by atomic mass is 10.0. The number of ether oxygens (including phenoxy) is 3. The minimum atomic E-state index is -4.66. The van der Waals surface area contributed by atoms with Crippen LogP contribution < -0.4 is 4.74 Å². The van der Waals surface area contributed by atoms with Gasteiger partial charge in [-0.15, -0.1) is 0 Å². The Kier molecular flexibility index (Phi) is 8.62. The van der Waals surface area contributed by atoms with Gasteiger partial charge in [0.1, 0.15) is 30.3 Å². The average molecular weight is 562 g/mol. The number of alkyl halides is 3. The van der Waals surface area contributed by atoms with Gasteiger partial charge >= 0.3 is 6.18 Å². The van der Waals surface area contributed by atoms with Crippen molar-refractivity contribution in [1.82, 2.24) is 24.6 Å². The Balaban J connectivity index is 1.37. The lowest BCUT2D eigenvalue weighted by molar-refractivity contribution is -0.141. The molecule has 10 nitrogen and oxygen atoms in total. The fraction of sp³-hybridized carbons (Fsp3) is 0.481. The Hall–Kier alpha value is -3.55. The van der Waals surface area contributed by atoms with E-state index in [9.17, 15) is 22.8 Å². The normalized spacial score (nSPS) is 16.8. The topological polar surface area (TPSA) is 99.0 Å². The molecule has 0 bridgehead atoms. The molecule has 0 radical (unpaired) electrons. The van der Waals surface area contributed by atoms with Crippen molar-refractivity contribution < 1.29 is 37.0 Å². The molecule has 214 valence electrons. The third-order valence-electron chi connectivity index (χ3n) is 6.84. The summed E-state index contributed by atoms with van der Waals surface area (Å²) in [5.74, 6) is -0.242. The van der Waals surface area contributed by atoms with Crippen molar-refractivity contribution in [3.05, 3.63) is 53.5 Å². The van der Waals surface area contributed by atoms with Crippen LogP contribution in [0.15, 0.2) is 36.5 Å². The molecule has 40 heavy (non-hydrogen) atoms. The molecule has 0 aliphatic carbocycles. The number of nitrogens with zero attached hydrogens (tertiary/aromatic N) is 5. The Morgan fingerprint density at radius 2 is 1.73 bits per heavy atom. The van der Waals surface area contributed by atoms with Crippen LogP contribution in [0, 0.1) is 0 Å². The molecular formula is C27H30F3N5O5. The van der Waals surface area contributed by atoms with Crippen LogP contribution in [0.3, 0.4) is 0 Å². The van der Waals surface area contributed by atoms with Crippen LogP contribution in [0.2, 0.25) is 0 Å². The third-order valence-corrected chi connectivity index (χ3v) is 6.84. The predicted molar refractivity (Wildman–Crippen MR) is 137 cm³/mol. The van der Waals surface area contributed by atoms with E-state index < -0.39 is 17.7 Å². The van der Waals surface area contributed by atoms with E-state index in [0.717, 1.165) is 19.2 Å². The molecule has 0 spiro atoms. The van der Waals surface area contributed by atoms with E-state index in [1.165, 1.54) is 12.1 Å². The van der Waals surface area contributed by atoms with E-state index in [2.05, 4.69) is 15.0 Å². The summed E-state index contributed by atoms with van der Waals surface area (Å²) < 4.78 is 57.8. The van der Waals surface area contributed by atoms with Crippen LogP contribution in [0.1, 0.15) is 21.7 Å². The minimum absolute atomic E-state index is 0.0460. The van der Waals surface area contributed by atoms with Gasteiger partial charge in [-0.2, -0.15) is 18.3 Å². The maximum Gasteiger partial charge on any atom is 0.433 e. The average Bonchev–Trinajstić information content (AvgIpc) is 3.34. The van der Waals surface area contributed by atoms with Crippen molar-refractivity contribution in [2.75, 3.05) is 65.8 Å². The summed E-state index contributed by atoms with van der Waals surface area (Å²) in [5.41, 5.74) is -0.328. The maximum atomic E-state index is 13.2. The molecule has 2 aliphatic heterocycles. The van der Waals surface area contributed by atoms with Gasteiger partial charge in [-0.1, -0.05) is 6.07 Å². The highest BCUT2D eigenvalue weighted by atomic mass is 19.4. The van der Waals surface area contributed by atoms with Crippen LogP contribution in [0.5, 0.6) is 5.75 Å². The molecule has 2 aromatic heterocycles. The van der Waals surface area contributed by atoms with Gasteiger partial charge in [-0.25, -0.2) is 4.98 Å². The molecular weight excluding hydrogens is 531 g/mol. The second-order valence-electron chi connectivity index (χ2n) is 9.65. The monoisotopic (exact) mass is 561 g/mol. The zero-order valence-corrected chi connectivity index (χ0v) is 21.9. The zero-order valence-electron chi connectivity index (χ0n) is 21.9. The van der Waals surface area contributed by atoms with Gasteiger partial charge < -0.3 is 19.1 Å². The highest BCUT2D eigenvalue weighted by molar-refractivity contribution is 5.97. The van der Waals surface area contributed by atoms with E-state index in [1.54, 1.807) is 27.9 Å². The Morgan fingerprint density at radius 3 is 2.45 bits per heavy atom. The van der Waals surface area contributed by atoms with Crippen LogP contribution >= 0.6 is 0 Å². The lowest BCUT2D eigenvalue weighted by Gasteiger charge is -2.26. The Morgan fingerprint density at radius 1 is 1.00 bits per heavy atom. The first kappa shape index (κ1) is 28.0. The lowest BCUT2D eigenvalue weighted by Crippen LogP contribution is -2.42. The standard InChI is InChI=1S/C27H30F3N5O5/c28-27(29,30)25-3-1-2-21(31-25)23(36)15-19-14-20-17-35(18-26(37)34-7-11-39-12-8-34)32-22(20)16-24(19)40-13-6-33-4-9-38-10-5-33/h1-3,14,16-17H,4-13,15,18H2. The second kappa shape index (κ2) is 12.3. The number of halogens is 3. The number of benzene rings is 1. The van der Waals surface area contributed by atoms with Gasteiger partial charge in [0, 0.05) is 62.4 Å². The van der Waals surface area contributed by atoms with Crippen molar-refractivity contribution in [3.63, 3.8) is 0 Å². The SMILES string of the molecule is O=C(Cc1cc2cn(CC(=O)N3CCOCC3)nc2cc1OCCN1CCOCC1)c1cccc(C(F)(F)F)n1. The molecule has 5 rings (SSSR count). The maximum absolute atomic E-state index is 13.2. The van der Waals surface area contributed by atoms with Crippen molar-refractivity contribution in [1.29, 1.82) is 0 Å². The Labute approximate surface area is 228 Å². The second-order valence-corrected chi connectivity index (χ2v) is 9.65. The van der Waals surface area contributed by atoms with Gasteiger partial charge in [0.2, 0.25) is 5.91 Å². The van der Waals surface area contributed by atoms with Crippen LogP contribution in [0.25, 0.3) is 10.9 Å². The van der Waals surface area contributed by atoms with Crippen molar-refractivity contribution >= 4 is 22.6 Å². The summed E-state index contributed by atoms with van der Waals surface area (Å²) in [5, 5.41) is 5.21. The van der Waals surface area contributed by atoms with E-state index in [4.69, 9.17) is 14.2 Å². The number of ketones is 1. The van der Waals surface area contributed by atoms with Crippen molar-refractivity contribution in [2.24, 2.45) is 0 Å². The van der Waals surface area contributed by atoms with Gasteiger partial charge in [0.25, 0.3) is 0 Å². The van der Waals surface area contributed by atoms with Crippen molar-refractivity contribution in [3.8, 4) is 5.75 Å². The third kappa shape index (κ3) is 6.95. The van der Waals surface area contributed by atoms with Crippen LogP contribution in [-0.4, -0.2) is 102 Å². The quantitative estimate of drug-likeness (QED) is 0.368. The number of fused-ring (bicyclic) bond motifs is 1. The number of amides is 1. The molecule has 2 fully saturated rings. The molecule has 0 saturated carbocycles. The van der Waals surface area contributed by atoms with Crippen molar-refractivity contribution in [2.45, 2.75) is 19.1 Å². The first-order chi connectivity index (χ1) is 19.3. The number of carbonyl (C=O) groups excluding carboxylic acids is 2. The highest BCUT2D eigenvalue weighted by Crippen LogP contribution is 2.29.